The van der Waals surface area contributed by atoms with Gasteiger partial charge in [0.05, 0.1) is 10.0 Å². The highest BCUT2D eigenvalue weighted by atomic mass is 79.9. The molecule has 19 heavy (non-hydrogen) atoms. The van der Waals surface area contributed by atoms with Crippen molar-refractivity contribution >= 4 is 21.8 Å². The molecule has 2 atom stereocenters. The highest BCUT2D eigenvalue weighted by molar-refractivity contribution is 9.10. The molecule has 2 rings (SSSR count). The fraction of sp³-hybridized carbons (Fsp3) is 0.571. The molecule has 0 spiro atoms. The summed E-state index contributed by atoms with van der Waals surface area (Å²) in [4.78, 5) is 28.3. The molecule has 4 nitrogen and oxygen atoms in total. The van der Waals surface area contributed by atoms with E-state index >= 15 is 0 Å². The molecule has 1 heterocycles. The lowest BCUT2D eigenvalue weighted by molar-refractivity contribution is 0.0693. The van der Waals surface area contributed by atoms with Gasteiger partial charge >= 0.3 is 0 Å². The Morgan fingerprint density at radius 3 is 2.68 bits per heavy atom. The number of nitrogens with zero attached hydrogens (tertiary/aromatic N) is 1. The molecule has 1 amide bonds. The van der Waals surface area contributed by atoms with E-state index in [1.807, 2.05) is 18.7 Å². The van der Waals surface area contributed by atoms with Crippen molar-refractivity contribution in [1.29, 1.82) is 0 Å². The van der Waals surface area contributed by atoms with E-state index in [-0.39, 0.29) is 17.5 Å². The van der Waals surface area contributed by atoms with E-state index in [1.54, 1.807) is 6.07 Å². The first kappa shape index (κ1) is 14.3. The summed E-state index contributed by atoms with van der Waals surface area (Å²) in [5.41, 5.74) is 0.303. The third kappa shape index (κ3) is 3.26. The Bertz CT molecular complexity index is 538. The molecule has 0 unspecified atom stereocenters. The van der Waals surface area contributed by atoms with Gasteiger partial charge in [-0.1, -0.05) is 6.92 Å². The molecule has 1 aromatic rings. The average Bonchev–Trinajstić information content (AvgIpc) is 3.04. The minimum atomic E-state index is -0.219. The first-order valence-corrected chi connectivity index (χ1v) is 7.38. The van der Waals surface area contributed by atoms with Gasteiger partial charge in [0.2, 0.25) is 0 Å². The third-order valence-electron chi connectivity index (χ3n) is 3.70. The number of carbonyl (C=O) groups is 1. The normalized spacial score (nSPS) is 21.5. The number of aromatic amines is 1. The highest BCUT2D eigenvalue weighted by Gasteiger charge is 2.36. The number of amides is 1. The molecular formula is C14H19BrN2O2. The topological polar surface area (TPSA) is 53.2 Å². The SMILES string of the molecule is CC(C)N(C[C@@H]1C[C@H]1C)C(=O)c1c[nH]c(=O)c(Br)c1. The van der Waals surface area contributed by atoms with Crippen LogP contribution in [0.4, 0.5) is 0 Å². The maximum atomic E-state index is 12.5. The third-order valence-corrected chi connectivity index (χ3v) is 4.29. The number of nitrogens with one attached hydrogen (secondary N) is 1. The Morgan fingerprint density at radius 2 is 2.21 bits per heavy atom. The van der Waals surface area contributed by atoms with Crippen molar-refractivity contribution in [3.63, 3.8) is 0 Å². The minimum absolute atomic E-state index is 0.0222. The summed E-state index contributed by atoms with van der Waals surface area (Å²) in [5, 5.41) is 0. The molecular weight excluding hydrogens is 308 g/mol. The standard InChI is InChI=1S/C14H19BrN2O2/c1-8(2)17(7-11-4-9(11)3)14(19)10-5-12(15)13(18)16-6-10/h5-6,8-9,11H,4,7H2,1-3H3,(H,16,18)/t9-,11+/m1/s1. The summed E-state index contributed by atoms with van der Waals surface area (Å²) < 4.78 is 0.391. The van der Waals surface area contributed by atoms with E-state index in [2.05, 4.69) is 27.8 Å². The van der Waals surface area contributed by atoms with Crippen molar-refractivity contribution in [2.75, 3.05) is 6.54 Å². The Hall–Kier alpha value is -1.10. The zero-order chi connectivity index (χ0) is 14.2. The van der Waals surface area contributed by atoms with E-state index in [4.69, 9.17) is 0 Å². The molecule has 1 saturated carbocycles. The maximum absolute atomic E-state index is 12.5. The van der Waals surface area contributed by atoms with E-state index < -0.39 is 0 Å². The predicted octanol–water partition coefficient (Wildman–Crippen LogP) is 2.64. The van der Waals surface area contributed by atoms with E-state index in [1.165, 1.54) is 12.6 Å². The van der Waals surface area contributed by atoms with Gasteiger partial charge in [-0.15, -0.1) is 0 Å². The van der Waals surface area contributed by atoms with Crippen molar-refractivity contribution in [1.82, 2.24) is 9.88 Å². The van der Waals surface area contributed by atoms with Gasteiger partial charge < -0.3 is 9.88 Å². The van der Waals surface area contributed by atoms with Crippen LogP contribution in [-0.4, -0.2) is 28.4 Å². The molecule has 1 fully saturated rings. The molecule has 0 aliphatic heterocycles. The molecule has 0 aromatic carbocycles. The predicted molar refractivity (Wildman–Crippen MR) is 78.2 cm³/mol. The first-order valence-electron chi connectivity index (χ1n) is 6.59. The fourth-order valence-electron chi connectivity index (χ4n) is 2.18. The maximum Gasteiger partial charge on any atom is 0.262 e. The smallest absolute Gasteiger partial charge is 0.262 e. The Kier molecular flexibility index (Phi) is 4.13. The molecule has 104 valence electrons. The van der Waals surface area contributed by atoms with Crippen LogP contribution < -0.4 is 5.56 Å². The van der Waals surface area contributed by atoms with Gasteiger partial charge in [0.15, 0.2) is 0 Å². The number of halogens is 1. The van der Waals surface area contributed by atoms with Crippen LogP contribution in [0.1, 0.15) is 37.6 Å². The largest absolute Gasteiger partial charge is 0.336 e. The van der Waals surface area contributed by atoms with Gasteiger partial charge in [0.1, 0.15) is 0 Å². The lowest BCUT2D eigenvalue weighted by Crippen LogP contribution is -2.39. The molecule has 0 bridgehead atoms. The van der Waals surface area contributed by atoms with Gasteiger partial charge in [-0.25, -0.2) is 0 Å². The highest BCUT2D eigenvalue weighted by Crippen LogP contribution is 2.38. The van der Waals surface area contributed by atoms with Crippen LogP contribution in [-0.2, 0) is 0 Å². The van der Waals surface area contributed by atoms with Gasteiger partial charge in [-0.2, -0.15) is 0 Å². The van der Waals surface area contributed by atoms with Gasteiger partial charge in [-0.3, -0.25) is 9.59 Å². The van der Waals surface area contributed by atoms with Crippen molar-refractivity contribution in [3.8, 4) is 0 Å². The van der Waals surface area contributed by atoms with Crippen LogP contribution >= 0.6 is 15.9 Å². The van der Waals surface area contributed by atoms with Crippen LogP contribution in [0.3, 0.4) is 0 Å². The number of carbonyl (C=O) groups excluding carboxylic acids is 1. The molecule has 1 aliphatic carbocycles. The lowest BCUT2D eigenvalue weighted by atomic mass is 10.2. The van der Waals surface area contributed by atoms with Crippen LogP contribution in [0, 0.1) is 11.8 Å². The fourth-order valence-corrected chi connectivity index (χ4v) is 2.54. The summed E-state index contributed by atoms with van der Waals surface area (Å²) in [6, 6.07) is 1.75. The average molecular weight is 327 g/mol. The minimum Gasteiger partial charge on any atom is -0.336 e. The Morgan fingerprint density at radius 1 is 1.58 bits per heavy atom. The molecule has 1 aliphatic rings. The molecule has 1 N–H and O–H groups in total. The summed E-state index contributed by atoms with van der Waals surface area (Å²) in [6.07, 6.45) is 2.69. The summed E-state index contributed by atoms with van der Waals surface area (Å²) >= 11 is 3.16. The lowest BCUT2D eigenvalue weighted by Gasteiger charge is -2.27. The van der Waals surface area contributed by atoms with Gasteiger partial charge in [0.25, 0.3) is 11.5 Å². The Labute approximate surface area is 121 Å². The van der Waals surface area contributed by atoms with Crippen LogP contribution in [0.2, 0.25) is 0 Å². The summed E-state index contributed by atoms with van der Waals surface area (Å²) in [7, 11) is 0. The van der Waals surface area contributed by atoms with Gasteiger partial charge in [-0.05, 0) is 54.1 Å². The second kappa shape index (κ2) is 5.49. The summed E-state index contributed by atoms with van der Waals surface area (Å²) in [6.45, 7) is 7.05. The monoisotopic (exact) mass is 326 g/mol. The Balaban J connectivity index is 2.18. The number of H-pyrrole nitrogens is 1. The van der Waals surface area contributed by atoms with E-state index in [9.17, 15) is 9.59 Å². The number of pyridine rings is 1. The summed E-state index contributed by atoms with van der Waals surface area (Å²) in [5.74, 6) is 1.32. The number of rotatable bonds is 4. The molecule has 1 aromatic heterocycles. The van der Waals surface area contributed by atoms with E-state index in [0.29, 0.717) is 16.0 Å². The van der Waals surface area contributed by atoms with Crippen LogP contribution in [0.15, 0.2) is 21.5 Å². The second-order valence-electron chi connectivity index (χ2n) is 5.59. The second-order valence-corrected chi connectivity index (χ2v) is 6.44. The van der Waals surface area contributed by atoms with Crippen molar-refractivity contribution < 1.29 is 4.79 Å². The van der Waals surface area contributed by atoms with Crippen molar-refractivity contribution in [3.05, 3.63) is 32.7 Å². The first-order chi connectivity index (χ1) is 8.90. The van der Waals surface area contributed by atoms with Crippen molar-refractivity contribution in [2.24, 2.45) is 11.8 Å². The molecule has 0 saturated heterocycles. The van der Waals surface area contributed by atoms with Crippen LogP contribution in [0.5, 0.6) is 0 Å². The van der Waals surface area contributed by atoms with Gasteiger partial charge in [0, 0.05) is 18.8 Å². The molecule has 0 radical (unpaired) electrons. The number of hydrogen-bond donors (Lipinski definition) is 1. The molecule has 5 heteroatoms. The quantitative estimate of drug-likeness (QED) is 0.924. The van der Waals surface area contributed by atoms with Crippen LogP contribution in [0.25, 0.3) is 0 Å². The van der Waals surface area contributed by atoms with Crippen molar-refractivity contribution in [2.45, 2.75) is 33.2 Å². The number of hydrogen-bond acceptors (Lipinski definition) is 2. The zero-order valence-electron chi connectivity index (χ0n) is 11.4. The number of aromatic nitrogens is 1. The van der Waals surface area contributed by atoms with E-state index in [0.717, 1.165) is 12.5 Å². The zero-order valence-corrected chi connectivity index (χ0v) is 13.0.